The minimum atomic E-state index is 0.526. The summed E-state index contributed by atoms with van der Waals surface area (Å²) in [5.74, 6) is 0. The number of para-hydroxylation sites is 1. The fourth-order valence-electron chi connectivity index (χ4n) is 2.92. The molecule has 0 aliphatic carbocycles. The number of nitrogens with zero attached hydrogens (tertiary/aromatic N) is 3. The summed E-state index contributed by atoms with van der Waals surface area (Å²) in [5, 5.41) is 6.53. The van der Waals surface area contributed by atoms with Crippen LogP contribution in [0.1, 0.15) is 5.56 Å². The molecule has 0 saturated heterocycles. The zero-order chi connectivity index (χ0) is 18.9. The van der Waals surface area contributed by atoms with Crippen LogP contribution in [0.15, 0.2) is 81.0 Å². The van der Waals surface area contributed by atoms with Crippen molar-refractivity contribution in [2.45, 2.75) is 6.92 Å². The Bertz CT molecular complexity index is 1320. The molecule has 3 aromatic heterocycles. The zero-order valence-electron chi connectivity index (χ0n) is 15.0. The summed E-state index contributed by atoms with van der Waals surface area (Å²) in [7, 11) is 0. The van der Waals surface area contributed by atoms with Crippen LogP contribution in [-0.2, 0) is 0 Å². The standard InChI is InChI=1S/C22H15N3OS2/c1-14-6-8-15(9-7-14)18-13-28-21(24-18)17-12-16-4-2-3-5-19(16)26-20(17)25-22-23-10-11-27-22/h2-13H,1H3/b25-20-. The molecular formula is C22H15N3OS2. The van der Waals surface area contributed by atoms with E-state index in [2.05, 4.69) is 52.6 Å². The summed E-state index contributed by atoms with van der Waals surface area (Å²) in [6.07, 6.45) is 1.74. The molecule has 136 valence electrons. The molecule has 0 unspecified atom stereocenters. The molecule has 5 rings (SSSR count). The molecular weight excluding hydrogens is 386 g/mol. The topological polar surface area (TPSA) is 51.3 Å². The number of benzene rings is 2. The number of rotatable bonds is 3. The highest BCUT2D eigenvalue weighted by Gasteiger charge is 2.12. The summed E-state index contributed by atoms with van der Waals surface area (Å²) in [6, 6.07) is 18.4. The van der Waals surface area contributed by atoms with E-state index in [0.29, 0.717) is 10.7 Å². The Morgan fingerprint density at radius 3 is 2.68 bits per heavy atom. The second kappa shape index (κ2) is 7.14. The van der Waals surface area contributed by atoms with Crippen LogP contribution in [0.5, 0.6) is 0 Å². The third-order valence-corrected chi connectivity index (χ3v) is 5.90. The minimum Gasteiger partial charge on any atom is -0.438 e. The number of aromatic nitrogens is 2. The lowest BCUT2D eigenvalue weighted by Gasteiger charge is -2.02. The Hall–Kier alpha value is -3.09. The molecule has 3 heterocycles. The molecule has 0 atom stereocenters. The van der Waals surface area contributed by atoms with Gasteiger partial charge in [0.1, 0.15) is 10.6 Å². The van der Waals surface area contributed by atoms with E-state index in [9.17, 15) is 0 Å². The van der Waals surface area contributed by atoms with Crippen molar-refractivity contribution in [1.29, 1.82) is 0 Å². The normalized spacial score (nSPS) is 12.0. The van der Waals surface area contributed by atoms with Crippen molar-refractivity contribution < 1.29 is 4.42 Å². The van der Waals surface area contributed by atoms with Crippen molar-refractivity contribution in [2.75, 3.05) is 0 Å². The van der Waals surface area contributed by atoms with Crippen LogP contribution in [0.4, 0.5) is 5.13 Å². The highest BCUT2D eigenvalue weighted by Crippen LogP contribution is 2.29. The summed E-state index contributed by atoms with van der Waals surface area (Å²) >= 11 is 3.06. The first-order valence-corrected chi connectivity index (χ1v) is 10.5. The predicted molar refractivity (Wildman–Crippen MR) is 115 cm³/mol. The molecule has 0 spiro atoms. The third-order valence-electron chi connectivity index (χ3n) is 4.35. The SMILES string of the molecule is Cc1ccc(-c2csc(-c3cc4ccccc4o/c3=N\c3nccs3)n2)cc1. The van der Waals surface area contributed by atoms with Crippen molar-refractivity contribution in [1.82, 2.24) is 9.97 Å². The van der Waals surface area contributed by atoms with E-state index in [-0.39, 0.29) is 0 Å². The first-order valence-electron chi connectivity index (χ1n) is 8.76. The monoisotopic (exact) mass is 401 g/mol. The maximum Gasteiger partial charge on any atom is 0.232 e. The highest BCUT2D eigenvalue weighted by atomic mass is 32.1. The van der Waals surface area contributed by atoms with Gasteiger partial charge in [-0.05, 0) is 19.1 Å². The van der Waals surface area contributed by atoms with Crippen LogP contribution < -0.4 is 5.55 Å². The molecule has 0 aliphatic rings. The van der Waals surface area contributed by atoms with Crippen molar-refractivity contribution >= 4 is 38.8 Å². The lowest BCUT2D eigenvalue weighted by atomic mass is 10.1. The first-order chi connectivity index (χ1) is 13.8. The van der Waals surface area contributed by atoms with E-state index in [0.717, 1.165) is 32.8 Å². The van der Waals surface area contributed by atoms with Gasteiger partial charge in [-0.3, -0.25) is 0 Å². The van der Waals surface area contributed by atoms with Crippen molar-refractivity contribution in [3.8, 4) is 21.8 Å². The third kappa shape index (κ3) is 3.28. The van der Waals surface area contributed by atoms with Gasteiger partial charge in [-0.1, -0.05) is 48.0 Å². The quantitative estimate of drug-likeness (QED) is 0.360. The van der Waals surface area contributed by atoms with Gasteiger partial charge in [0.15, 0.2) is 0 Å². The minimum absolute atomic E-state index is 0.526. The maximum atomic E-state index is 6.12. The lowest BCUT2D eigenvalue weighted by molar-refractivity contribution is 0.547. The Labute approximate surface area is 169 Å². The van der Waals surface area contributed by atoms with Gasteiger partial charge in [0.05, 0.1) is 11.3 Å². The molecule has 0 aliphatic heterocycles. The molecule has 0 N–H and O–H groups in total. The van der Waals surface area contributed by atoms with E-state index >= 15 is 0 Å². The van der Waals surface area contributed by atoms with Crippen LogP contribution in [-0.4, -0.2) is 9.97 Å². The van der Waals surface area contributed by atoms with Crippen LogP contribution in [0.25, 0.3) is 32.8 Å². The van der Waals surface area contributed by atoms with Crippen molar-refractivity contribution in [3.05, 3.63) is 82.7 Å². The first kappa shape index (κ1) is 17.0. The van der Waals surface area contributed by atoms with Crippen LogP contribution >= 0.6 is 22.7 Å². The Morgan fingerprint density at radius 2 is 1.86 bits per heavy atom. The second-order valence-electron chi connectivity index (χ2n) is 6.33. The van der Waals surface area contributed by atoms with E-state index in [4.69, 9.17) is 9.40 Å². The fourth-order valence-corrected chi connectivity index (χ4v) is 4.25. The summed E-state index contributed by atoms with van der Waals surface area (Å²) in [6.45, 7) is 2.08. The molecule has 0 fully saturated rings. The number of aryl methyl sites for hydroxylation is 1. The molecule has 0 amide bonds. The second-order valence-corrected chi connectivity index (χ2v) is 8.06. The number of fused-ring (bicyclic) bond motifs is 1. The van der Waals surface area contributed by atoms with E-state index in [1.165, 1.54) is 16.9 Å². The molecule has 0 radical (unpaired) electrons. The largest absolute Gasteiger partial charge is 0.438 e. The molecule has 4 nitrogen and oxygen atoms in total. The van der Waals surface area contributed by atoms with E-state index < -0.39 is 0 Å². The van der Waals surface area contributed by atoms with Gasteiger partial charge in [-0.2, -0.15) is 4.99 Å². The smallest absolute Gasteiger partial charge is 0.232 e. The molecule has 6 heteroatoms. The Kier molecular flexibility index (Phi) is 4.35. The molecule has 0 saturated carbocycles. The van der Waals surface area contributed by atoms with Crippen LogP contribution in [0, 0.1) is 6.92 Å². The van der Waals surface area contributed by atoms with Gasteiger partial charge >= 0.3 is 0 Å². The summed E-state index contributed by atoms with van der Waals surface area (Å²) < 4.78 is 6.12. The lowest BCUT2D eigenvalue weighted by Crippen LogP contribution is -2.05. The number of hydrogen-bond acceptors (Lipinski definition) is 6. The Morgan fingerprint density at radius 1 is 1.00 bits per heavy atom. The van der Waals surface area contributed by atoms with Crippen molar-refractivity contribution in [3.63, 3.8) is 0 Å². The molecule has 28 heavy (non-hydrogen) atoms. The summed E-state index contributed by atoms with van der Waals surface area (Å²) in [5.41, 5.74) is 5.47. The molecule has 5 aromatic rings. The zero-order valence-corrected chi connectivity index (χ0v) is 16.6. The van der Waals surface area contributed by atoms with Crippen molar-refractivity contribution in [2.24, 2.45) is 4.99 Å². The summed E-state index contributed by atoms with van der Waals surface area (Å²) in [4.78, 5) is 13.7. The highest BCUT2D eigenvalue weighted by molar-refractivity contribution is 7.13. The number of hydrogen-bond donors (Lipinski definition) is 0. The van der Waals surface area contributed by atoms with Gasteiger partial charge in [-0.15, -0.1) is 22.7 Å². The molecule has 2 aromatic carbocycles. The number of thiazole rings is 2. The average Bonchev–Trinajstić information content (AvgIpc) is 3.40. The van der Waals surface area contributed by atoms with Crippen LogP contribution in [0.2, 0.25) is 0 Å². The van der Waals surface area contributed by atoms with Gasteiger partial charge in [0, 0.05) is 27.9 Å². The van der Waals surface area contributed by atoms with Gasteiger partial charge in [-0.25, -0.2) is 9.97 Å². The predicted octanol–water partition coefficient (Wildman–Crippen LogP) is 6.22. The Balaban J connectivity index is 1.69. The van der Waals surface area contributed by atoms with Gasteiger partial charge in [0.2, 0.25) is 10.7 Å². The van der Waals surface area contributed by atoms with E-state index in [1.54, 1.807) is 17.5 Å². The average molecular weight is 402 g/mol. The van der Waals surface area contributed by atoms with Crippen LogP contribution in [0.3, 0.4) is 0 Å². The van der Waals surface area contributed by atoms with Gasteiger partial charge < -0.3 is 4.42 Å². The fraction of sp³-hybridized carbons (Fsp3) is 0.0455. The molecule has 0 bridgehead atoms. The maximum absolute atomic E-state index is 6.12. The van der Waals surface area contributed by atoms with Gasteiger partial charge in [0.25, 0.3) is 0 Å². The van der Waals surface area contributed by atoms with E-state index in [1.807, 2.05) is 29.6 Å².